The molecular formula is C52H64N2O12. The molecule has 0 bridgehead atoms. The molecule has 354 valence electrons. The molecule has 0 fully saturated rings. The number of hydrogen-bond acceptors (Lipinski definition) is 14. The van der Waals surface area contributed by atoms with E-state index in [4.69, 9.17) is 0 Å². The van der Waals surface area contributed by atoms with Gasteiger partial charge in [-0.2, -0.15) is 0 Å². The van der Waals surface area contributed by atoms with Crippen LogP contribution in [0.3, 0.4) is 0 Å². The molecule has 9 rings (SSSR count). The van der Waals surface area contributed by atoms with Gasteiger partial charge in [-0.15, -0.1) is 0 Å². The molecule has 7 aromatic rings. The van der Waals surface area contributed by atoms with E-state index in [0.717, 1.165) is 18.6 Å². The van der Waals surface area contributed by atoms with E-state index < -0.39 is 46.4 Å². The molecule has 2 aromatic heterocycles. The first-order valence-corrected chi connectivity index (χ1v) is 21.7. The van der Waals surface area contributed by atoms with E-state index in [1.165, 1.54) is 31.6 Å². The summed E-state index contributed by atoms with van der Waals surface area (Å²) in [6, 6.07) is 36.4. The van der Waals surface area contributed by atoms with Crippen LogP contribution in [0.1, 0.15) is 128 Å². The molecule has 0 unspecified atom stereocenters. The number of benzene rings is 5. The number of esters is 4. The molecule has 2 aliphatic heterocycles. The van der Waals surface area contributed by atoms with Gasteiger partial charge in [0.25, 0.3) is 0 Å². The monoisotopic (exact) mass is 908 g/mol. The highest BCUT2D eigenvalue weighted by Crippen LogP contribution is 2.19. The number of ether oxygens (including phenoxy) is 2. The van der Waals surface area contributed by atoms with Gasteiger partial charge in [0.15, 0.2) is 0 Å². The maximum Gasteiger partial charge on any atom is 0.346 e. The van der Waals surface area contributed by atoms with Gasteiger partial charge in [0.1, 0.15) is 0 Å². The second-order valence-electron chi connectivity index (χ2n) is 11.6. The molecule has 4 N–H and O–H groups in total. The normalized spacial score (nSPS) is 10.4. The summed E-state index contributed by atoms with van der Waals surface area (Å²) in [4.78, 5) is 88.1. The van der Waals surface area contributed by atoms with Crippen molar-refractivity contribution in [2.75, 3.05) is 14.1 Å². The molecular weight excluding hydrogens is 845 g/mol. The number of fused-ring (bicyclic) bond motifs is 4. The van der Waals surface area contributed by atoms with Gasteiger partial charge in [-0.25, -0.2) is 38.4 Å². The summed E-state index contributed by atoms with van der Waals surface area (Å²) >= 11 is 0. The van der Waals surface area contributed by atoms with Crippen LogP contribution in [0.4, 0.5) is 0 Å². The molecule has 0 spiro atoms. The number of nitrogens with two attached hydrogens (primary N) is 2. The first kappa shape index (κ1) is 60.7. The smallest absolute Gasteiger partial charge is 0.346 e. The van der Waals surface area contributed by atoms with Crippen LogP contribution in [0.15, 0.2) is 149 Å². The molecule has 66 heavy (non-hydrogen) atoms. The molecule has 2 aliphatic rings. The average molecular weight is 909 g/mol. The Morgan fingerprint density at radius 3 is 0.758 bits per heavy atom. The first-order chi connectivity index (χ1) is 32.0. The van der Waals surface area contributed by atoms with Gasteiger partial charge in [-0.05, 0) is 68.0 Å². The number of carbonyl (C=O) groups is 4. The highest BCUT2D eigenvalue weighted by atomic mass is 16.6. The first-order valence-electron chi connectivity index (χ1n) is 21.7. The highest BCUT2D eigenvalue weighted by molar-refractivity contribution is 6.15. The summed E-state index contributed by atoms with van der Waals surface area (Å²) in [6.45, 7) is 20.2. The number of carbonyl (C=O) groups excluding carboxylic acids is 4. The summed E-state index contributed by atoms with van der Waals surface area (Å²) in [5.41, 5.74) is 9.88. The molecule has 0 atom stereocenters. The van der Waals surface area contributed by atoms with Crippen molar-refractivity contribution < 1.29 is 37.5 Å². The molecule has 14 nitrogen and oxygen atoms in total. The molecule has 4 heterocycles. The highest BCUT2D eigenvalue weighted by Gasteiger charge is 2.29. The van der Waals surface area contributed by atoms with Crippen LogP contribution in [0.25, 0.3) is 21.5 Å². The van der Waals surface area contributed by atoms with Crippen molar-refractivity contribution in [1.82, 2.24) is 0 Å². The Labute approximate surface area is 385 Å². The maximum atomic E-state index is 11.2. The summed E-state index contributed by atoms with van der Waals surface area (Å²) in [7, 11) is 3.00. The van der Waals surface area contributed by atoms with E-state index in [1.54, 1.807) is 48.5 Å². The van der Waals surface area contributed by atoms with Gasteiger partial charge in [-0.1, -0.05) is 161 Å². The molecule has 0 radical (unpaired) electrons. The summed E-state index contributed by atoms with van der Waals surface area (Å²) < 4.78 is 17.4. The van der Waals surface area contributed by atoms with Gasteiger partial charge in [0.05, 0.1) is 43.8 Å². The Hall–Kier alpha value is -7.42. The topological polar surface area (TPSA) is 233 Å². The van der Waals surface area contributed by atoms with E-state index >= 15 is 0 Å². The number of rotatable bonds is 2. The van der Waals surface area contributed by atoms with E-state index in [-0.39, 0.29) is 21.5 Å². The number of cyclic esters (lactones) is 4. The Kier molecular flexibility index (Phi) is 32.2. The Morgan fingerprint density at radius 1 is 0.348 bits per heavy atom. The molecule has 0 saturated carbocycles. The van der Waals surface area contributed by atoms with Crippen molar-refractivity contribution >= 4 is 45.4 Å². The van der Waals surface area contributed by atoms with Gasteiger partial charge < -0.3 is 29.8 Å². The lowest BCUT2D eigenvalue weighted by Gasteiger charge is -2.00. The van der Waals surface area contributed by atoms with Crippen LogP contribution in [-0.4, -0.2) is 38.0 Å². The predicted molar refractivity (Wildman–Crippen MR) is 263 cm³/mol. The summed E-state index contributed by atoms with van der Waals surface area (Å²) in [5.74, 6) is -2.20. The largest absolute Gasteiger partial charge is 0.386 e. The van der Waals surface area contributed by atoms with Crippen molar-refractivity contribution in [2.24, 2.45) is 11.5 Å². The van der Waals surface area contributed by atoms with Crippen LogP contribution >= 0.6 is 0 Å². The summed E-state index contributed by atoms with van der Waals surface area (Å²) in [6.07, 6.45) is 2.28. The van der Waals surface area contributed by atoms with Crippen molar-refractivity contribution in [3.05, 3.63) is 196 Å². The van der Waals surface area contributed by atoms with Crippen LogP contribution < -0.4 is 34.0 Å². The van der Waals surface area contributed by atoms with Gasteiger partial charge in [0.2, 0.25) is 0 Å². The molecule has 0 amide bonds. The zero-order valence-corrected chi connectivity index (χ0v) is 40.0. The Morgan fingerprint density at radius 2 is 0.545 bits per heavy atom. The Bertz CT molecular complexity index is 2380. The van der Waals surface area contributed by atoms with Gasteiger partial charge in [-0.3, -0.25) is 0 Å². The number of furan rings is 2. The van der Waals surface area contributed by atoms with Crippen LogP contribution in [0.5, 0.6) is 0 Å². The molecule has 0 aliphatic carbocycles. The van der Waals surface area contributed by atoms with E-state index in [1.807, 2.05) is 55.4 Å². The predicted octanol–water partition coefficient (Wildman–Crippen LogP) is 9.44. The minimum atomic E-state index is -0.824. The van der Waals surface area contributed by atoms with Gasteiger partial charge in [0, 0.05) is 0 Å². The quantitative estimate of drug-likeness (QED) is 0.122. The molecule has 5 aromatic carbocycles. The average Bonchev–Trinajstić information content (AvgIpc) is 4.05. The third-order valence-corrected chi connectivity index (χ3v) is 7.61. The summed E-state index contributed by atoms with van der Waals surface area (Å²) in [5, 5.41) is -0.0726. The fraction of sp³-hybridized carbons (Fsp3) is 0.269. The van der Waals surface area contributed by atoms with Crippen LogP contribution in [-0.2, 0) is 15.9 Å². The lowest BCUT2D eigenvalue weighted by Crippen LogP contribution is -1.96. The molecule has 14 heteroatoms. The van der Waals surface area contributed by atoms with Crippen molar-refractivity contribution in [3.8, 4) is 0 Å². The third kappa shape index (κ3) is 18.0. The Balaban J connectivity index is 0. The van der Waals surface area contributed by atoms with Crippen LogP contribution in [0.2, 0.25) is 0 Å². The fourth-order valence-corrected chi connectivity index (χ4v) is 5.16. The third-order valence-electron chi connectivity index (χ3n) is 7.61. The lowest BCUT2D eigenvalue weighted by molar-refractivity contribution is 0.0425. The minimum absolute atomic E-state index is 0.0181. The zero-order valence-electron chi connectivity index (χ0n) is 40.0. The lowest BCUT2D eigenvalue weighted by atomic mass is 10.1. The fourth-order valence-electron chi connectivity index (χ4n) is 5.16. The van der Waals surface area contributed by atoms with Gasteiger partial charge >= 0.3 is 46.4 Å². The maximum absolute atomic E-state index is 11.2. The number of hydrogen-bond donors (Lipinski definition) is 2. The van der Waals surface area contributed by atoms with Crippen LogP contribution in [0, 0.1) is 0 Å². The SMILES string of the molecule is CC.CC.CC.CC.CCC.CN.CN.O=C1OC(=O)c2ccccc21.O=C1OC(=O)c2ccccc21.O=c1oc(=O)c2cc3c(=O)oc(=O)c3cc12.c1ccc(Cc2ccccc2)cc1. The zero-order chi connectivity index (χ0) is 50.8. The van der Waals surface area contributed by atoms with Crippen molar-refractivity contribution in [1.29, 1.82) is 0 Å². The standard InChI is InChI=1S/C13H12.C10H2O6.2C8H4O3.C3H8.4C2H6.2CH5N/c1-3-7-12(8-4-1)11-13-9-5-2-6-10-13;11-7-3-1-4-6(10(14)16-8(4)12)2-5(3)9(13)15-7;2*9-7-5-3-1-2-4-6(5)8(10)11-7;1-3-2;6*1-2/h1-10H,11H2;1-2H;2*1-4H;3H2,1-2H3;4*1-2H3;2*2H2,1H3. The minimum Gasteiger partial charge on any atom is -0.386 e. The van der Waals surface area contributed by atoms with Crippen molar-refractivity contribution in [2.45, 2.75) is 82.1 Å². The second-order valence-corrected chi connectivity index (χ2v) is 11.6. The second kappa shape index (κ2) is 35.0. The molecule has 0 saturated heterocycles. The van der Waals surface area contributed by atoms with E-state index in [9.17, 15) is 38.4 Å². The van der Waals surface area contributed by atoms with Crippen molar-refractivity contribution in [3.63, 3.8) is 0 Å². The van der Waals surface area contributed by atoms with E-state index in [2.05, 4.69) is 104 Å². The van der Waals surface area contributed by atoms with E-state index in [0.29, 0.717) is 22.3 Å².